The monoisotopic (exact) mass is 300 g/mol. The van der Waals surface area contributed by atoms with Gasteiger partial charge in [0, 0.05) is 0 Å². The fraction of sp³-hybridized carbons (Fsp3) is 0.500. The Morgan fingerprint density at radius 2 is 1.95 bits per heavy atom. The molecule has 0 aliphatic heterocycles. The molecule has 0 radical (unpaired) electrons. The lowest BCUT2D eigenvalue weighted by molar-refractivity contribution is -0.274. The Kier molecular flexibility index (Phi) is 5.28. The van der Waals surface area contributed by atoms with Gasteiger partial charge in [-0.1, -0.05) is 37.5 Å². The van der Waals surface area contributed by atoms with Crippen molar-refractivity contribution in [2.75, 3.05) is 6.61 Å². The number of hydrogen-bond acceptors (Lipinski definition) is 2. The molecule has 0 spiro atoms. The van der Waals surface area contributed by atoms with E-state index in [2.05, 4.69) is 4.74 Å². The fourth-order valence-corrected chi connectivity index (χ4v) is 2.78. The molecule has 21 heavy (non-hydrogen) atoms. The quantitative estimate of drug-likeness (QED) is 0.884. The van der Waals surface area contributed by atoms with E-state index in [0.717, 1.165) is 31.3 Å². The third-order valence-electron chi connectivity index (χ3n) is 3.76. The van der Waals surface area contributed by atoms with Crippen molar-refractivity contribution < 1.29 is 23.0 Å². The maximum atomic E-state index is 12.2. The minimum absolute atomic E-state index is 0.0605. The molecule has 5 heteroatoms. The highest BCUT2D eigenvalue weighted by Gasteiger charge is 2.31. The molecule has 116 valence electrons. The van der Waals surface area contributed by atoms with E-state index < -0.39 is 6.36 Å². The molecule has 1 aromatic carbocycles. The van der Waals surface area contributed by atoms with E-state index >= 15 is 0 Å². The molecular weight excluding hydrogens is 281 g/mol. The first-order valence-corrected chi connectivity index (χ1v) is 7.15. The molecule has 0 aromatic heterocycles. The molecule has 2 rings (SSSR count). The SMILES string of the molecule is OC/C(=C/c1cccc(OC(F)(F)F)c1)C1CCCCC1. The highest BCUT2D eigenvalue weighted by atomic mass is 19.4. The van der Waals surface area contributed by atoms with E-state index in [1.54, 1.807) is 12.1 Å². The van der Waals surface area contributed by atoms with Gasteiger partial charge < -0.3 is 9.84 Å². The first-order valence-electron chi connectivity index (χ1n) is 7.15. The average Bonchev–Trinajstić information content (AvgIpc) is 2.44. The minimum Gasteiger partial charge on any atom is -0.406 e. The molecule has 2 nitrogen and oxygen atoms in total. The van der Waals surface area contributed by atoms with E-state index in [1.807, 2.05) is 0 Å². The summed E-state index contributed by atoms with van der Waals surface area (Å²) < 4.78 is 40.6. The average molecular weight is 300 g/mol. The van der Waals surface area contributed by atoms with Gasteiger partial charge in [0.25, 0.3) is 0 Å². The van der Waals surface area contributed by atoms with Crippen molar-refractivity contribution >= 4 is 6.08 Å². The smallest absolute Gasteiger partial charge is 0.406 e. The Labute approximate surface area is 122 Å². The predicted octanol–water partition coefficient (Wildman–Crippen LogP) is 4.54. The largest absolute Gasteiger partial charge is 0.573 e. The molecule has 0 heterocycles. The normalized spacial score (nSPS) is 17.8. The lowest BCUT2D eigenvalue weighted by Crippen LogP contribution is -2.17. The number of rotatable bonds is 4. The zero-order valence-corrected chi connectivity index (χ0v) is 11.7. The number of aliphatic hydroxyl groups is 1. The summed E-state index contributed by atoms with van der Waals surface area (Å²) in [5, 5.41) is 9.52. The summed E-state index contributed by atoms with van der Waals surface area (Å²) in [5.41, 5.74) is 1.50. The Morgan fingerprint density at radius 1 is 1.24 bits per heavy atom. The van der Waals surface area contributed by atoms with E-state index in [0.29, 0.717) is 11.5 Å². The van der Waals surface area contributed by atoms with Crippen molar-refractivity contribution in [3.05, 3.63) is 35.4 Å². The van der Waals surface area contributed by atoms with E-state index in [9.17, 15) is 18.3 Å². The van der Waals surface area contributed by atoms with E-state index in [-0.39, 0.29) is 12.4 Å². The molecule has 1 aromatic rings. The molecule has 1 aliphatic rings. The van der Waals surface area contributed by atoms with Gasteiger partial charge in [-0.2, -0.15) is 0 Å². The van der Waals surface area contributed by atoms with Gasteiger partial charge in [0.2, 0.25) is 0 Å². The molecule has 0 bridgehead atoms. The third-order valence-corrected chi connectivity index (χ3v) is 3.76. The zero-order valence-electron chi connectivity index (χ0n) is 11.7. The molecule has 0 atom stereocenters. The molecule has 0 saturated heterocycles. The van der Waals surface area contributed by atoms with Crippen LogP contribution < -0.4 is 4.74 Å². The van der Waals surface area contributed by atoms with Crippen LogP contribution in [0.3, 0.4) is 0 Å². The number of aliphatic hydroxyl groups excluding tert-OH is 1. The van der Waals surface area contributed by atoms with Crippen LogP contribution in [-0.2, 0) is 0 Å². The van der Waals surface area contributed by atoms with Crippen molar-refractivity contribution in [2.45, 2.75) is 38.5 Å². The summed E-state index contributed by atoms with van der Waals surface area (Å²) in [6.45, 7) is -0.0605. The predicted molar refractivity (Wildman–Crippen MR) is 74.8 cm³/mol. The molecule has 1 aliphatic carbocycles. The van der Waals surface area contributed by atoms with Gasteiger partial charge in [-0.3, -0.25) is 0 Å². The second-order valence-electron chi connectivity index (χ2n) is 5.33. The highest BCUT2D eigenvalue weighted by molar-refractivity contribution is 5.55. The Morgan fingerprint density at radius 3 is 2.57 bits per heavy atom. The van der Waals surface area contributed by atoms with Gasteiger partial charge in [-0.05, 0) is 42.0 Å². The summed E-state index contributed by atoms with van der Waals surface area (Å²) in [6.07, 6.45) is 2.64. The maximum Gasteiger partial charge on any atom is 0.573 e. The standard InChI is InChI=1S/C16H19F3O2/c17-16(18,19)21-15-8-4-5-12(10-15)9-14(11-20)13-6-2-1-3-7-13/h4-5,8-10,13,20H,1-3,6-7,11H2/b14-9-. The molecule has 0 unspecified atom stereocenters. The van der Waals surface area contributed by atoms with Crippen molar-refractivity contribution in [1.29, 1.82) is 0 Å². The molecule has 1 N–H and O–H groups in total. The van der Waals surface area contributed by atoms with Crippen LogP contribution in [0.1, 0.15) is 37.7 Å². The first-order chi connectivity index (χ1) is 9.98. The number of hydrogen-bond donors (Lipinski definition) is 1. The van der Waals surface area contributed by atoms with Crippen molar-refractivity contribution in [2.24, 2.45) is 5.92 Å². The van der Waals surface area contributed by atoms with Gasteiger partial charge in [0.1, 0.15) is 5.75 Å². The molecular formula is C16H19F3O2. The Bertz CT molecular complexity index is 489. The van der Waals surface area contributed by atoms with E-state index in [1.165, 1.54) is 24.6 Å². The van der Waals surface area contributed by atoms with Gasteiger partial charge >= 0.3 is 6.36 Å². The van der Waals surface area contributed by atoms with Gasteiger partial charge in [0.05, 0.1) is 6.61 Å². The topological polar surface area (TPSA) is 29.5 Å². The highest BCUT2D eigenvalue weighted by Crippen LogP contribution is 2.31. The second-order valence-corrected chi connectivity index (χ2v) is 5.33. The van der Waals surface area contributed by atoms with Crippen molar-refractivity contribution in [3.63, 3.8) is 0 Å². The van der Waals surface area contributed by atoms with Crippen molar-refractivity contribution in [1.82, 2.24) is 0 Å². The number of benzene rings is 1. The number of alkyl halides is 3. The van der Waals surface area contributed by atoms with Gasteiger partial charge in [0.15, 0.2) is 0 Å². The Hall–Kier alpha value is -1.49. The molecule has 1 saturated carbocycles. The lowest BCUT2D eigenvalue weighted by atomic mass is 9.83. The van der Waals surface area contributed by atoms with Crippen LogP contribution in [0.4, 0.5) is 13.2 Å². The van der Waals surface area contributed by atoms with Crippen LogP contribution in [0.25, 0.3) is 6.08 Å². The third kappa shape index (κ3) is 5.08. The van der Waals surface area contributed by atoms with Gasteiger partial charge in [-0.15, -0.1) is 13.2 Å². The minimum atomic E-state index is -4.69. The fourth-order valence-electron chi connectivity index (χ4n) is 2.78. The first kappa shape index (κ1) is 15.9. The molecule has 0 amide bonds. The number of ether oxygens (including phenoxy) is 1. The van der Waals surface area contributed by atoms with Crippen LogP contribution in [-0.4, -0.2) is 18.1 Å². The van der Waals surface area contributed by atoms with Crippen LogP contribution in [0.2, 0.25) is 0 Å². The van der Waals surface area contributed by atoms with Crippen LogP contribution in [0.5, 0.6) is 5.75 Å². The van der Waals surface area contributed by atoms with Crippen LogP contribution in [0.15, 0.2) is 29.8 Å². The summed E-state index contributed by atoms with van der Waals surface area (Å²) in [6, 6.07) is 5.83. The summed E-state index contributed by atoms with van der Waals surface area (Å²) in [5.74, 6) is 0.0909. The maximum absolute atomic E-state index is 12.2. The van der Waals surface area contributed by atoms with E-state index in [4.69, 9.17) is 0 Å². The van der Waals surface area contributed by atoms with Crippen molar-refractivity contribution in [3.8, 4) is 5.75 Å². The zero-order chi connectivity index (χ0) is 15.3. The summed E-state index contributed by atoms with van der Waals surface area (Å²) >= 11 is 0. The second kappa shape index (κ2) is 6.98. The summed E-state index contributed by atoms with van der Waals surface area (Å²) in [4.78, 5) is 0. The van der Waals surface area contributed by atoms with Crippen LogP contribution in [0, 0.1) is 5.92 Å². The lowest BCUT2D eigenvalue weighted by Gasteiger charge is -2.23. The Balaban J connectivity index is 2.15. The van der Waals surface area contributed by atoms with Gasteiger partial charge in [-0.25, -0.2) is 0 Å². The number of halogens is 3. The van der Waals surface area contributed by atoms with Crippen LogP contribution >= 0.6 is 0 Å². The molecule has 1 fully saturated rings. The summed E-state index contributed by atoms with van der Waals surface area (Å²) in [7, 11) is 0.